The Morgan fingerprint density at radius 2 is 1.90 bits per heavy atom. The Bertz CT molecular complexity index is 1750. The summed E-state index contributed by atoms with van der Waals surface area (Å²) >= 11 is 5.86. The molecule has 1 fully saturated rings. The number of ether oxygens (including phenoxy) is 1. The van der Waals surface area contributed by atoms with E-state index in [-0.39, 0.29) is 5.56 Å². The third-order valence-corrected chi connectivity index (χ3v) is 7.59. The first-order chi connectivity index (χ1) is 19.6. The van der Waals surface area contributed by atoms with Gasteiger partial charge in [0.05, 0.1) is 48.2 Å². The second kappa shape index (κ2) is 11.5. The number of piperidine rings is 1. The highest BCUT2D eigenvalue weighted by Gasteiger charge is 2.19. The molecule has 4 heterocycles. The van der Waals surface area contributed by atoms with Crippen molar-refractivity contribution in [1.82, 2.24) is 28.8 Å². The van der Waals surface area contributed by atoms with Gasteiger partial charge in [-0.25, -0.2) is 15.0 Å². The molecule has 0 N–H and O–H groups in total. The normalized spacial score (nSPS) is 14.5. The number of nitrogens with zero attached hydrogens (tertiary/aromatic N) is 7. The number of likely N-dealkylation sites (tertiary alicyclic amines) is 1. The van der Waals surface area contributed by atoms with Crippen LogP contribution in [-0.2, 0) is 6.54 Å². The van der Waals surface area contributed by atoms with Crippen LogP contribution >= 0.6 is 11.6 Å². The molecule has 1 saturated heterocycles. The molecule has 3 aromatic heterocycles. The zero-order valence-electron chi connectivity index (χ0n) is 21.9. The molecule has 0 saturated carbocycles. The minimum absolute atomic E-state index is 0.156. The van der Waals surface area contributed by atoms with Gasteiger partial charge in [-0.3, -0.25) is 13.8 Å². The zero-order chi connectivity index (χ0) is 27.5. The molecule has 0 radical (unpaired) electrons. The molecule has 0 aliphatic carbocycles. The maximum Gasteiger partial charge on any atom is 0.255 e. The Kier molecular flexibility index (Phi) is 7.45. The van der Waals surface area contributed by atoms with Gasteiger partial charge in [0, 0.05) is 30.3 Å². The van der Waals surface area contributed by atoms with Crippen molar-refractivity contribution in [3.63, 3.8) is 0 Å². The predicted octanol–water partition coefficient (Wildman–Crippen LogP) is 4.36. The molecule has 202 valence electrons. The fraction of sp³-hybridized carbons (Fsp3) is 0.300. The van der Waals surface area contributed by atoms with E-state index in [1.807, 2.05) is 28.7 Å². The first kappa shape index (κ1) is 26.0. The molecule has 40 heavy (non-hydrogen) atoms. The van der Waals surface area contributed by atoms with E-state index in [1.165, 1.54) is 6.07 Å². The van der Waals surface area contributed by atoms with Crippen molar-refractivity contribution in [2.75, 3.05) is 32.1 Å². The minimum Gasteiger partial charge on any atom is -0.490 e. The lowest BCUT2D eigenvalue weighted by Gasteiger charge is -2.31. The van der Waals surface area contributed by atoms with Gasteiger partial charge in [0.2, 0.25) is 5.78 Å². The number of benzene rings is 2. The number of nitriles is 1. The number of aromatic nitrogens is 5. The lowest BCUT2D eigenvalue weighted by Crippen LogP contribution is -2.36. The number of fused-ring (bicyclic) bond motifs is 3. The highest BCUT2D eigenvalue weighted by atomic mass is 35.5. The van der Waals surface area contributed by atoms with Gasteiger partial charge in [0.15, 0.2) is 11.6 Å². The van der Waals surface area contributed by atoms with Gasteiger partial charge in [-0.15, -0.1) is 11.6 Å². The molecule has 1 aliphatic heterocycles. The van der Waals surface area contributed by atoms with Crippen LogP contribution in [0.3, 0.4) is 0 Å². The molecule has 0 unspecified atom stereocenters. The molecule has 6 rings (SSSR count). The maximum absolute atomic E-state index is 12.9. The summed E-state index contributed by atoms with van der Waals surface area (Å²) in [5.41, 5.74) is 3.66. The van der Waals surface area contributed by atoms with Crippen LogP contribution in [0.2, 0.25) is 0 Å². The SMILES string of the molecule is N#Cc1ccc2nc3n(Cc4cccc(-c5ncc(OCC6CCN(CCCl)CC6)cn5)c4)c(=O)ccn3c2c1. The third kappa shape index (κ3) is 5.41. The number of hydrogen-bond acceptors (Lipinski definition) is 7. The summed E-state index contributed by atoms with van der Waals surface area (Å²) in [6.45, 7) is 4.06. The smallest absolute Gasteiger partial charge is 0.255 e. The second-order valence-corrected chi connectivity index (χ2v) is 10.4. The highest BCUT2D eigenvalue weighted by molar-refractivity contribution is 6.18. The molecule has 0 bridgehead atoms. The lowest BCUT2D eigenvalue weighted by molar-refractivity contribution is 0.146. The van der Waals surface area contributed by atoms with Crippen molar-refractivity contribution in [3.8, 4) is 23.2 Å². The van der Waals surface area contributed by atoms with Crippen LogP contribution in [0.4, 0.5) is 0 Å². The predicted molar refractivity (Wildman–Crippen MR) is 154 cm³/mol. The monoisotopic (exact) mass is 553 g/mol. The first-order valence-corrected chi connectivity index (χ1v) is 13.9. The van der Waals surface area contributed by atoms with E-state index in [1.54, 1.807) is 41.4 Å². The van der Waals surface area contributed by atoms with Crippen molar-refractivity contribution < 1.29 is 4.74 Å². The molecule has 0 atom stereocenters. The molecule has 1 aliphatic rings. The number of rotatable bonds is 8. The Morgan fingerprint density at radius 1 is 1.07 bits per heavy atom. The minimum atomic E-state index is -0.156. The van der Waals surface area contributed by atoms with Crippen molar-refractivity contribution in [1.29, 1.82) is 5.26 Å². The standard InChI is InChI=1S/C30H28ClN7O2/c31-9-13-36-10-6-21(7-11-36)20-40-25-17-33-29(34-18-25)24-3-1-2-23(14-24)19-38-28(39)8-12-37-27-15-22(16-32)4-5-26(27)35-30(37)38/h1-5,8,12,14-15,17-18,21H,6-7,9-11,13,19-20H2. The zero-order valence-corrected chi connectivity index (χ0v) is 22.7. The number of halogens is 1. The summed E-state index contributed by atoms with van der Waals surface area (Å²) < 4.78 is 9.46. The van der Waals surface area contributed by atoms with Crippen LogP contribution in [0, 0.1) is 17.2 Å². The van der Waals surface area contributed by atoms with Crippen LogP contribution in [0.15, 0.2) is 71.9 Å². The second-order valence-electron chi connectivity index (χ2n) is 10.1. The van der Waals surface area contributed by atoms with Crippen LogP contribution in [0.1, 0.15) is 24.0 Å². The lowest BCUT2D eigenvalue weighted by atomic mass is 9.98. The summed E-state index contributed by atoms with van der Waals surface area (Å²) in [6, 6.07) is 16.8. The van der Waals surface area contributed by atoms with Gasteiger partial charge in [0.25, 0.3) is 5.56 Å². The maximum atomic E-state index is 12.9. The molecule has 2 aromatic carbocycles. The summed E-state index contributed by atoms with van der Waals surface area (Å²) in [5.74, 6) is 2.97. The van der Waals surface area contributed by atoms with Crippen molar-refractivity contribution in [3.05, 3.63) is 88.6 Å². The number of alkyl halides is 1. The van der Waals surface area contributed by atoms with Gasteiger partial charge in [-0.1, -0.05) is 18.2 Å². The Hall–Kier alpha value is -4.26. The van der Waals surface area contributed by atoms with E-state index in [9.17, 15) is 10.1 Å². The molecule has 10 heteroatoms. The average Bonchev–Trinajstić information content (AvgIpc) is 3.37. The van der Waals surface area contributed by atoms with Crippen LogP contribution in [-0.4, -0.2) is 60.9 Å². The Balaban J connectivity index is 1.17. The topological polar surface area (TPSA) is 101 Å². The van der Waals surface area contributed by atoms with Crippen molar-refractivity contribution >= 4 is 28.4 Å². The number of hydrogen-bond donors (Lipinski definition) is 0. The third-order valence-electron chi connectivity index (χ3n) is 7.42. The summed E-state index contributed by atoms with van der Waals surface area (Å²) in [5, 5.41) is 9.28. The quantitative estimate of drug-likeness (QED) is 0.263. The van der Waals surface area contributed by atoms with E-state index < -0.39 is 0 Å². The van der Waals surface area contributed by atoms with Gasteiger partial charge < -0.3 is 9.64 Å². The van der Waals surface area contributed by atoms with Crippen LogP contribution < -0.4 is 10.3 Å². The largest absolute Gasteiger partial charge is 0.490 e. The molecule has 9 nitrogen and oxygen atoms in total. The first-order valence-electron chi connectivity index (χ1n) is 13.4. The molecule has 0 amide bonds. The van der Waals surface area contributed by atoms with Crippen molar-refractivity contribution in [2.24, 2.45) is 5.92 Å². The fourth-order valence-corrected chi connectivity index (χ4v) is 5.44. The van der Waals surface area contributed by atoms with Gasteiger partial charge >= 0.3 is 0 Å². The van der Waals surface area contributed by atoms with Crippen LogP contribution in [0.5, 0.6) is 5.75 Å². The molecular weight excluding hydrogens is 526 g/mol. The van der Waals surface area contributed by atoms with E-state index in [0.717, 1.165) is 54.6 Å². The average molecular weight is 554 g/mol. The highest BCUT2D eigenvalue weighted by Crippen LogP contribution is 2.22. The molecule has 0 spiro atoms. The van der Waals surface area contributed by atoms with Crippen LogP contribution in [0.25, 0.3) is 28.2 Å². The molecular formula is C30H28ClN7O2. The number of imidazole rings is 1. The Labute approximate surface area is 236 Å². The Morgan fingerprint density at radius 3 is 2.67 bits per heavy atom. The fourth-order valence-electron chi connectivity index (χ4n) is 5.20. The summed E-state index contributed by atoms with van der Waals surface area (Å²) in [6.07, 6.45) is 7.34. The summed E-state index contributed by atoms with van der Waals surface area (Å²) in [4.78, 5) is 29.0. The summed E-state index contributed by atoms with van der Waals surface area (Å²) in [7, 11) is 0. The van der Waals surface area contributed by atoms with Crippen molar-refractivity contribution in [2.45, 2.75) is 19.4 Å². The van der Waals surface area contributed by atoms with Gasteiger partial charge in [-0.2, -0.15) is 5.26 Å². The van der Waals surface area contributed by atoms with Gasteiger partial charge in [-0.05, 0) is 61.7 Å². The van der Waals surface area contributed by atoms with E-state index >= 15 is 0 Å². The van der Waals surface area contributed by atoms with Gasteiger partial charge in [0.1, 0.15) is 0 Å². The van der Waals surface area contributed by atoms with E-state index in [0.29, 0.717) is 47.9 Å². The van der Waals surface area contributed by atoms with E-state index in [2.05, 4.69) is 25.9 Å². The molecule has 5 aromatic rings. The van der Waals surface area contributed by atoms with E-state index in [4.69, 9.17) is 16.3 Å².